The molecule has 1 aliphatic rings. The Morgan fingerprint density at radius 2 is 1.91 bits per heavy atom. The lowest BCUT2D eigenvalue weighted by atomic mass is 9.99. The van der Waals surface area contributed by atoms with Crippen LogP contribution < -0.4 is 15.4 Å². The fourth-order valence-electron chi connectivity index (χ4n) is 3.36. The van der Waals surface area contributed by atoms with Crippen LogP contribution in [0.15, 0.2) is 77.3 Å². The molecule has 0 aliphatic carbocycles. The van der Waals surface area contributed by atoms with Crippen molar-refractivity contribution in [3.05, 3.63) is 98.3 Å². The Balaban J connectivity index is 1.64. The molecule has 8 heteroatoms. The van der Waals surface area contributed by atoms with Crippen LogP contribution in [0, 0.1) is 6.92 Å². The van der Waals surface area contributed by atoms with E-state index in [0.717, 1.165) is 16.0 Å². The molecule has 0 saturated heterocycles. The summed E-state index contributed by atoms with van der Waals surface area (Å²) in [5.41, 5.74) is 2.51. The fraction of sp³-hybridized carbons (Fsp3) is 0.167. The largest absolute Gasteiger partial charge is 0.487 e. The van der Waals surface area contributed by atoms with E-state index in [1.54, 1.807) is 24.3 Å². The van der Waals surface area contributed by atoms with Gasteiger partial charge in [-0.05, 0) is 47.7 Å². The van der Waals surface area contributed by atoms with Crippen molar-refractivity contribution in [3.8, 4) is 5.75 Å². The number of hydrogen-bond donors (Lipinski definition) is 2. The van der Waals surface area contributed by atoms with Gasteiger partial charge in [-0.25, -0.2) is 9.59 Å². The summed E-state index contributed by atoms with van der Waals surface area (Å²) in [4.78, 5) is 26.5. The van der Waals surface area contributed by atoms with Crippen molar-refractivity contribution in [2.75, 3.05) is 6.61 Å². The summed E-state index contributed by atoms with van der Waals surface area (Å²) in [5.74, 6) is 0.00230. The minimum Gasteiger partial charge on any atom is -0.487 e. The van der Waals surface area contributed by atoms with Crippen LogP contribution in [0.5, 0.6) is 5.75 Å². The van der Waals surface area contributed by atoms with Crippen molar-refractivity contribution in [1.29, 1.82) is 0 Å². The minimum absolute atomic E-state index is 0.0234. The number of aryl methyl sites for hydroxylation is 1. The summed E-state index contributed by atoms with van der Waals surface area (Å²) in [6.45, 7) is 2.04. The number of carbonyl (C=O) groups is 2. The molecule has 4 rings (SSSR count). The zero-order chi connectivity index (χ0) is 22.5. The minimum atomic E-state index is -0.634. The van der Waals surface area contributed by atoms with Crippen LogP contribution in [0.25, 0.3) is 0 Å². The van der Waals surface area contributed by atoms with Crippen LogP contribution in [0.1, 0.15) is 22.0 Å². The topological polar surface area (TPSA) is 76.7 Å². The van der Waals surface area contributed by atoms with Gasteiger partial charge in [-0.3, -0.25) is 0 Å². The van der Waals surface area contributed by atoms with Gasteiger partial charge in [0.05, 0.1) is 17.3 Å². The Kier molecular flexibility index (Phi) is 6.78. The molecule has 0 bridgehead atoms. The summed E-state index contributed by atoms with van der Waals surface area (Å²) in [6, 6.07) is 17.2. The Morgan fingerprint density at radius 3 is 2.62 bits per heavy atom. The number of amides is 2. The zero-order valence-corrected chi connectivity index (χ0v) is 18.8. The Labute approximate surface area is 194 Å². The van der Waals surface area contributed by atoms with E-state index in [-0.39, 0.29) is 13.2 Å². The zero-order valence-electron chi connectivity index (χ0n) is 17.3. The average Bonchev–Trinajstić information content (AvgIpc) is 3.22. The molecular formula is C24H21ClN2O4S. The number of nitrogens with one attached hydrogen (secondary N) is 2. The quantitative estimate of drug-likeness (QED) is 0.471. The van der Waals surface area contributed by atoms with E-state index in [9.17, 15) is 9.59 Å². The Bertz CT molecular complexity index is 1160. The van der Waals surface area contributed by atoms with E-state index in [2.05, 4.69) is 10.6 Å². The van der Waals surface area contributed by atoms with Gasteiger partial charge in [0.2, 0.25) is 0 Å². The van der Waals surface area contributed by atoms with Gasteiger partial charge in [-0.2, -0.15) is 0 Å². The normalized spacial score (nSPS) is 15.7. The molecule has 0 fully saturated rings. The molecule has 6 nitrogen and oxygen atoms in total. The molecule has 164 valence electrons. The lowest BCUT2D eigenvalue weighted by Gasteiger charge is -2.29. The maximum atomic E-state index is 13.2. The molecule has 1 atom stereocenters. The second kappa shape index (κ2) is 9.89. The van der Waals surface area contributed by atoms with Gasteiger partial charge in [0.15, 0.2) is 0 Å². The first-order valence-electron chi connectivity index (χ1n) is 9.95. The number of hydrogen-bond acceptors (Lipinski definition) is 5. The number of benzene rings is 2. The average molecular weight is 469 g/mol. The molecule has 0 saturated carbocycles. The number of halogens is 1. The van der Waals surface area contributed by atoms with Crippen LogP contribution >= 0.6 is 22.9 Å². The van der Waals surface area contributed by atoms with Crippen LogP contribution in [0.2, 0.25) is 5.02 Å². The highest BCUT2D eigenvalue weighted by Gasteiger charge is 2.35. The summed E-state index contributed by atoms with van der Waals surface area (Å²) in [5, 5.41) is 8.02. The molecule has 0 spiro atoms. The van der Waals surface area contributed by atoms with Crippen molar-refractivity contribution in [1.82, 2.24) is 10.6 Å². The molecule has 2 N–H and O–H groups in total. The van der Waals surface area contributed by atoms with E-state index in [0.29, 0.717) is 22.0 Å². The molecule has 0 radical (unpaired) electrons. The second-order valence-electron chi connectivity index (χ2n) is 7.20. The standard InChI is InChI=1S/C24H21ClN2O4S/c1-15-10-11-32-22(15)21-20(23(28)31-13-16-6-3-2-4-7-16)19(26-24(29)27-21)14-30-18-9-5-8-17(25)12-18/h2-12,21H,13-14H2,1H3,(H2,26,27,29). The first-order chi connectivity index (χ1) is 15.5. The third kappa shape index (κ3) is 5.12. The van der Waals surface area contributed by atoms with Gasteiger partial charge < -0.3 is 20.1 Å². The highest BCUT2D eigenvalue weighted by Crippen LogP contribution is 2.33. The van der Waals surface area contributed by atoms with Crippen LogP contribution in [-0.4, -0.2) is 18.6 Å². The van der Waals surface area contributed by atoms with Gasteiger partial charge in [0.25, 0.3) is 0 Å². The van der Waals surface area contributed by atoms with E-state index < -0.39 is 18.0 Å². The second-order valence-corrected chi connectivity index (χ2v) is 8.58. The first-order valence-corrected chi connectivity index (χ1v) is 11.2. The summed E-state index contributed by atoms with van der Waals surface area (Å²) >= 11 is 7.50. The monoisotopic (exact) mass is 468 g/mol. The fourth-order valence-corrected chi connectivity index (χ4v) is 4.53. The maximum Gasteiger partial charge on any atom is 0.338 e. The highest BCUT2D eigenvalue weighted by atomic mass is 35.5. The van der Waals surface area contributed by atoms with Gasteiger partial charge in [0, 0.05) is 9.90 Å². The molecule has 2 aromatic carbocycles. The number of ether oxygens (including phenoxy) is 2. The van der Waals surface area contributed by atoms with Gasteiger partial charge in [-0.15, -0.1) is 11.3 Å². The van der Waals surface area contributed by atoms with E-state index in [1.807, 2.05) is 48.7 Å². The summed E-state index contributed by atoms with van der Waals surface area (Å²) in [6.07, 6.45) is 0. The molecule has 1 unspecified atom stereocenters. The molecule has 1 aromatic heterocycles. The van der Waals surface area contributed by atoms with Crippen LogP contribution in [0.4, 0.5) is 4.79 Å². The predicted octanol–water partition coefficient (Wildman–Crippen LogP) is 5.14. The number of urea groups is 1. The Hall–Kier alpha value is -3.29. The summed E-state index contributed by atoms with van der Waals surface area (Å²) < 4.78 is 11.4. The molecular weight excluding hydrogens is 448 g/mol. The first kappa shape index (κ1) is 21.9. The van der Waals surface area contributed by atoms with Crippen LogP contribution in [0.3, 0.4) is 0 Å². The highest BCUT2D eigenvalue weighted by molar-refractivity contribution is 7.10. The maximum absolute atomic E-state index is 13.2. The lowest BCUT2D eigenvalue weighted by molar-refractivity contribution is -0.140. The van der Waals surface area contributed by atoms with Gasteiger partial charge >= 0.3 is 12.0 Å². The number of rotatable bonds is 7. The van der Waals surface area contributed by atoms with E-state index in [4.69, 9.17) is 21.1 Å². The smallest absolute Gasteiger partial charge is 0.338 e. The van der Waals surface area contributed by atoms with Gasteiger partial charge in [0.1, 0.15) is 19.0 Å². The Morgan fingerprint density at radius 1 is 1.09 bits per heavy atom. The molecule has 2 heterocycles. The third-order valence-electron chi connectivity index (χ3n) is 4.93. The molecule has 2 amide bonds. The van der Waals surface area contributed by atoms with Crippen molar-refractivity contribution < 1.29 is 19.1 Å². The number of esters is 1. The van der Waals surface area contributed by atoms with E-state index >= 15 is 0 Å². The summed E-state index contributed by atoms with van der Waals surface area (Å²) in [7, 11) is 0. The van der Waals surface area contributed by atoms with Crippen molar-refractivity contribution in [3.63, 3.8) is 0 Å². The molecule has 1 aliphatic heterocycles. The SMILES string of the molecule is Cc1ccsc1C1NC(=O)NC(COc2cccc(Cl)c2)=C1C(=O)OCc1ccccc1. The van der Waals surface area contributed by atoms with Crippen LogP contribution in [-0.2, 0) is 16.1 Å². The number of thiophene rings is 1. The van der Waals surface area contributed by atoms with Gasteiger partial charge in [-0.1, -0.05) is 48.0 Å². The molecule has 32 heavy (non-hydrogen) atoms. The van der Waals surface area contributed by atoms with Crippen molar-refractivity contribution in [2.24, 2.45) is 0 Å². The number of carbonyl (C=O) groups excluding carboxylic acids is 2. The van der Waals surface area contributed by atoms with E-state index in [1.165, 1.54) is 11.3 Å². The third-order valence-corrected chi connectivity index (χ3v) is 6.25. The predicted molar refractivity (Wildman–Crippen MR) is 124 cm³/mol. The lowest BCUT2D eigenvalue weighted by Crippen LogP contribution is -2.47. The van der Waals surface area contributed by atoms with Crippen molar-refractivity contribution >= 4 is 34.9 Å². The van der Waals surface area contributed by atoms with Crippen molar-refractivity contribution in [2.45, 2.75) is 19.6 Å². The molecule has 3 aromatic rings.